The Kier molecular flexibility index (Phi) is 6.01. The quantitative estimate of drug-likeness (QED) is 0.565. The van der Waals surface area contributed by atoms with Gasteiger partial charge in [-0.3, -0.25) is 4.79 Å². The molecule has 0 saturated heterocycles. The smallest absolute Gasteiger partial charge is 0.346 e. The molecule has 7 nitrogen and oxygen atoms in total. The molecule has 0 fully saturated rings. The van der Waals surface area contributed by atoms with Crippen LogP contribution in [0.3, 0.4) is 0 Å². The highest BCUT2D eigenvalue weighted by atomic mass is 16.6. The summed E-state index contributed by atoms with van der Waals surface area (Å²) in [7, 11) is 4.31. The second-order valence-corrected chi connectivity index (χ2v) is 6.90. The molecule has 3 rings (SSSR count). The monoisotopic (exact) mass is 412 g/mol. The molecule has 0 spiro atoms. The van der Waals surface area contributed by atoms with E-state index in [9.17, 15) is 9.59 Å². The zero-order valence-electron chi connectivity index (χ0n) is 17.8. The first-order chi connectivity index (χ1) is 14.3. The van der Waals surface area contributed by atoms with E-state index in [0.29, 0.717) is 28.0 Å². The highest BCUT2D eigenvalue weighted by molar-refractivity contribution is 5.86. The number of carbonyl (C=O) groups is 1. The lowest BCUT2D eigenvalue weighted by atomic mass is 10.0. The molecule has 0 N–H and O–H groups in total. The van der Waals surface area contributed by atoms with E-state index in [2.05, 4.69) is 0 Å². The number of esters is 1. The van der Waals surface area contributed by atoms with Gasteiger partial charge in [-0.05, 0) is 56.2 Å². The molecule has 0 bridgehead atoms. The topological polar surface area (TPSA) is 84.2 Å². The molecular formula is C23H24O7. The average Bonchev–Trinajstić information content (AvgIpc) is 2.73. The third-order valence-electron chi connectivity index (χ3n) is 4.77. The molecular weight excluding hydrogens is 388 g/mol. The lowest BCUT2D eigenvalue weighted by molar-refractivity contribution is -0.147. The van der Waals surface area contributed by atoms with Gasteiger partial charge in [0.15, 0.2) is 23.4 Å². The minimum atomic E-state index is -1.00. The number of carbonyl (C=O) groups excluding carboxylic acids is 1. The molecule has 2 aromatic carbocycles. The fourth-order valence-electron chi connectivity index (χ4n) is 3.34. The lowest BCUT2D eigenvalue weighted by Gasteiger charge is -2.17. The Morgan fingerprint density at radius 2 is 1.70 bits per heavy atom. The second kappa shape index (κ2) is 8.49. The number of benzene rings is 2. The summed E-state index contributed by atoms with van der Waals surface area (Å²) < 4.78 is 27.3. The first kappa shape index (κ1) is 21.2. The van der Waals surface area contributed by atoms with E-state index in [1.165, 1.54) is 28.3 Å². The van der Waals surface area contributed by atoms with Crippen LogP contribution in [0.4, 0.5) is 0 Å². The summed E-state index contributed by atoms with van der Waals surface area (Å²) in [6.07, 6.45) is -1.00. The van der Waals surface area contributed by atoms with Crippen LogP contribution in [-0.2, 0) is 9.53 Å². The van der Waals surface area contributed by atoms with Crippen molar-refractivity contribution in [2.75, 3.05) is 21.3 Å². The molecule has 0 aliphatic heterocycles. The van der Waals surface area contributed by atoms with Gasteiger partial charge >= 0.3 is 5.97 Å². The van der Waals surface area contributed by atoms with Gasteiger partial charge in [-0.1, -0.05) is 6.07 Å². The van der Waals surface area contributed by atoms with Crippen LogP contribution in [0, 0.1) is 13.8 Å². The highest BCUT2D eigenvalue weighted by Crippen LogP contribution is 2.37. The molecule has 0 aliphatic carbocycles. The number of fused-ring (bicyclic) bond motifs is 1. The Morgan fingerprint density at radius 1 is 1.00 bits per heavy atom. The normalized spacial score (nSPS) is 11.8. The molecule has 0 unspecified atom stereocenters. The fraction of sp³-hybridized carbons (Fsp3) is 0.304. The molecule has 0 saturated carbocycles. The van der Waals surface area contributed by atoms with E-state index < -0.39 is 12.1 Å². The minimum Gasteiger partial charge on any atom is -0.493 e. The van der Waals surface area contributed by atoms with Crippen LogP contribution in [-0.4, -0.2) is 33.4 Å². The molecule has 0 radical (unpaired) electrons. The van der Waals surface area contributed by atoms with E-state index >= 15 is 0 Å². The summed E-state index contributed by atoms with van der Waals surface area (Å²) in [6, 6.07) is 8.79. The highest BCUT2D eigenvalue weighted by Gasteiger charge is 2.25. The Balaban J connectivity index is 2.32. The molecule has 1 heterocycles. The van der Waals surface area contributed by atoms with Crippen LogP contribution >= 0.6 is 0 Å². The summed E-state index contributed by atoms with van der Waals surface area (Å²) in [5, 5.41) is 0.400. The van der Waals surface area contributed by atoms with Crippen LogP contribution in [0.1, 0.15) is 18.1 Å². The molecule has 7 heteroatoms. The van der Waals surface area contributed by atoms with Crippen molar-refractivity contribution >= 4 is 16.9 Å². The standard InChI is InChI=1S/C23H24O7/c1-12-9-13(2)19-18(10-12)30-21(15-7-8-16(26-4)17(11-15)27-5)22(20(19)24)29-14(3)23(25)28-6/h7-11,14H,1-6H3/t14-/m1/s1. The van der Waals surface area contributed by atoms with Crippen LogP contribution < -0.4 is 19.6 Å². The zero-order chi connectivity index (χ0) is 22.0. The van der Waals surface area contributed by atoms with Crippen LogP contribution in [0.2, 0.25) is 0 Å². The fourth-order valence-corrected chi connectivity index (χ4v) is 3.34. The first-order valence-electron chi connectivity index (χ1n) is 9.35. The number of methoxy groups -OCH3 is 3. The molecule has 3 aromatic rings. The van der Waals surface area contributed by atoms with Crippen molar-refractivity contribution in [3.63, 3.8) is 0 Å². The van der Waals surface area contributed by atoms with Gasteiger partial charge in [0.1, 0.15) is 5.58 Å². The summed E-state index contributed by atoms with van der Waals surface area (Å²) in [4.78, 5) is 25.3. The maximum atomic E-state index is 13.4. The van der Waals surface area contributed by atoms with E-state index in [-0.39, 0.29) is 16.9 Å². The summed E-state index contributed by atoms with van der Waals surface area (Å²) >= 11 is 0. The third kappa shape index (κ3) is 3.83. The Hall–Kier alpha value is -3.48. The lowest BCUT2D eigenvalue weighted by Crippen LogP contribution is -2.27. The van der Waals surface area contributed by atoms with Crippen molar-refractivity contribution in [1.29, 1.82) is 0 Å². The van der Waals surface area contributed by atoms with Gasteiger partial charge < -0.3 is 23.4 Å². The number of hydrogen-bond donors (Lipinski definition) is 0. The molecule has 1 atom stereocenters. The van der Waals surface area contributed by atoms with E-state index in [1.807, 2.05) is 19.9 Å². The Morgan fingerprint density at radius 3 is 2.33 bits per heavy atom. The van der Waals surface area contributed by atoms with Gasteiger partial charge in [0, 0.05) is 5.56 Å². The minimum absolute atomic E-state index is 0.0698. The molecule has 0 amide bonds. The van der Waals surface area contributed by atoms with Crippen molar-refractivity contribution in [3.05, 3.63) is 51.7 Å². The molecule has 1 aromatic heterocycles. The van der Waals surface area contributed by atoms with E-state index in [4.69, 9.17) is 23.4 Å². The summed E-state index contributed by atoms with van der Waals surface area (Å²) in [5.74, 6) is 0.508. The second-order valence-electron chi connectivity index (χ2n) is 6.90. The van der Waals surface area contributed by atoms with Crippen LogP contribution in [0.15, 0.2) is 39.5 Å². The largest absolute Gasteiger partial charge is 0.493 e. The number of hydrogen-bond acceptors (Lipinski definition) is 7. The maximum absolute atomic E-state index is 13.4. The van der Waals surface area contributed by atoms with Gasteiger partial charge in [0.25, 0.3) is 0 Å². The predicted molar refractivity (Wildman–Crippen MR) is 113 cm³/mol. The number of rotatable bonds is 6. The van der Waals surface area contributed by atoms with Crippen molar-refractivity contribution in [3.8, 4) is 28.6 Å². The summed E-state index contributed by atoms with van der Waals surface area (Å²) in [6.45, 7) is 5.26. The van der Waals surface area contributed by atoms with Crippen molar-refractivity contribution in [1.82, 2.24) is 0 Å². The van der Waals surface area contributed by atoms with Crippen molar-refractivity contribution in [2.45, 2.75) is 26.9 Å². The average molecular weight is 412 g/mol. The Bertz CT molecular complexity index is 1160. The van der Waals surface area contributed by atoms with E-state index in [1.54, 1.807) is 24.3 Å². The van der Waals surface area contributed by atoms with Crippen molar-refractivity contribution in [2.24, 2.45) is 0 Å². The molecule has 0 aliphatic rings. The van der Waals surface area contributed by atoms with Gasteiger partial charge in [-0.2, -0.15) is 0 Å². The van der Waals surface area contributed by atoms with Crippen LogP contribution in [0.5, 0.6) is 17.2 Å². The Labute approximate surface area is 174 Å². The SMILES string of the molecule is COC(=O)[C@@H](C)Oc1c(-c2ccc(OC)c(OC)c2)oc2cc(C)cc(C)c2c1=O. The third-order valence-corrected chi connectivity index (χ3v) is 4.77. The van der Waals surface area contributed by atoms with Gasteiger partial charge in [0.05, 0.1) is 26.7 Å². The molecule has 158 valence electrons. The first-order valence-corrected chi connectivity index (χ1v) is 9.35. The van der Waals surface area contributed by atoms with Gasteiger partial charge in [-0.25, -0.2) is 4.79 Å². The van der Waals surface area contributed by atoms with Gasteiger partial charge in [-0.15, -0.1) is 0 Å². The molecule has 30 heavy (non-hydrogen) atoms. The predicted octanol–water partition coefficient (Wildman–Crippen LogP) is 4.03. The summed E-state index contributed by atoms with van der Waals surface area (Å²) in [5.41, 5.74) is 2.32. The number of aryl methyl sites for hydroxylation is 2. The zero-order valence-corrected chi connectivity index (χ0v) is 17.8. The maximum Gasteiger partial charge on any atom is 0.346 e. The van der Waals surface area contributed by atoms with Crippen molar-refractivity contribution < 1.29 is 28.2 Å². The van der Waals surface area contributed by atoms with Crippen LogP contribution in [0.25, 0.3) is 22.3 Å². The number of ether oxygens (including phenoxy) is 4. The van der Waals surface area contributed by atoms with E-state index in [0.717, 1.165) is 11.1 Å². The van der Waals surface area contributed by atoms with Gasteiger partial charge in [0.2, 0.25) is 11.2 Å².